The standard InChI is InChI=1S/C54H40N2Si/c1-54(2)50-20-12-13-41-23-24-42-35-45(36-51(54)53(42)52(41)50)56(43-29-21-38(37-55)22-30-43)44-31-25-39(26-32-44)40-27-33-49(34-28-40)57(46-14-6-3-7-15-46,47-16-8-4-9-17-47)48-18-10-5-11-19-48/h3-36H,1-2H3. The summed E-state index contributed by atoms with van der Waals surface area (Å²) in [6.07, 6.45) is 0. The molecule has 1 aliphatic rings. The molecule has 9 aromatic rings. The molecule has 270 valence electrons. The highest BCUT2D eigenvalue weighted by atomic mass is 28.3. The van der Waals surface area contributed by atoms with Crippen molar-refractivity contribution in [3.63, 3.8) is 0 Å². The zero-order valence-electron chi connectivity index (χ0n) is 32.0. The lowest BCUT2D eigenvalue weighted by molar-refractivity contribution is 0.663. The second-order valence-electron chi connectivity index (χ2n) is 15.7. The van der Waals surface area contributed by atoms with E-state index in [1.165, 1.54) is 59.0 Å². The van der Waals surface area contributed by atoms with Gasteiger partial charge in [-0.1, -0.05) is 172 Å². The van der Waals surface area contributed by atoms with Crippen LogP contribution in [0.3, 0.4) is 0 Å². The molecule has 0 saturated carbocycles. The van der Waals surface area contributed by atoms with E-state index < -0.39 is 8.07 Å². The van der Waals surface area contributed by atoms with Crippen LogP contribution in [0.15, 0.2) is 206 Å². The highest BCUT2D eigenvalue weighted by molar-refractivity contribution is 7.19. The lowest BCUT2D eigenvalue weighted by Crippen LogP contribution is -2.74. The van der Waals surface area contributed by atoms with Crippen LogP contribution in [-0.4, -0.2) is 8.07 Å². The van der Waals surface area contributed by atoms with Gasteiger partial charge in [0.15, 0.2) is 8.07 Å². The first kappa shape index (κ1) is 34.5. The Bertz CT molecular complexity index is 2850. The molecule has 9 aromatic carbocycles. The highest BCUT2D eigenvalue weighted by Gasteiger charge is 2.41. The minimum Gasteiger partial charge on any atom is -0.310 e. The van der Waals surface area contributed by atoms with Gasteiger partial charge in [-0.25, -0.2) is 0 Å². The summed E-state index contributed by atoms with van der Waals surface area (Å²) < 4.78 is 0. The van der Waals surface area contributed by atoms with Gasteiger partial charge in [-0.05, 0) is 113 Å². The Morgan fingerprint density at radius 1 is 0.421 bits per heavy atom. The van der Waals surface area contributed by atoms with E-state index in [4.69, 9.17) is 0 Å². The van der Waals surface area contributed by atoms with E-state index in [0.717, 1.165) is 22.6 Å². The Morgan fingerprint density at radius 3 is 1.44 bits per heavy atom. The Balaban J connectivity index is 1.07. The van der Waals surface area contributed by atoms with E-state index >= 15 is 0 Å². The first-order valence-corrected chi connectivity index (χ1v) is 21.6. The van der Waals surface area contributed by atoms with Gasteiger partial charge in [0.2, 0.25) is 0 Å². The Hall–Kier alpha value is -6.99. The molecular formula is C54H40N2Si. The van der Waals surface area contributed by atoms with E-state index in [1.54, 1.807) is 0 Å². The van der Waals surface area contributed by atoms with Crippen molar-refractivity contribution in [2.45, 2.75) is 19.3 Å². The van der Waals surface area contributed by atoms with Gasteiger partial charge in [-0.15, -0.1) is 0 Å². The SMILES string of the molecule is CC1(C)c2cccc3ccc4cc(N(c5ccc(C#N)cc5)c5ccc(-c6ccc([Si](c7ccccc7)(c7ccccc7)c7ccccc7)cc6)cc5)cc1c4c23. The largest absolute Gasteiger partial charge is 0.310 e. The molecule has 0 saturated heterocycles. The van der Waals surface area contributed by atoms with Crippen LogP contribution in [0.5, 0.6) is 0 Å². The molecule has 0 spiro atoms. The first-order chi connectivity index (χ1) is 28.0. The summed E-state index contributed by atoms with van der Waals surface area (Å²) in [5, 5.41) is 20.3. The second kappa shape index (κ2) is 13.6. The van der Waals surface area contributed by atoms with Crippen molar-refractivity contribution in [3.8, 4) is 17.2 Å². The van der Waals surface area contributed by atoms with Crippen molar-refractivity contribution < 1.29 is 0 Å². The minimum atomic E-state index is -2.60. The zero-order valence-corrected chi connectivity index (χ0v) is 33.0. The van der Waals surface area contributed by atoms with Crippen LogP contribution in [0, 0.1) is 11.3 Å². The van der Waals surface area contributed by atoms with Crippen molar-refractivity contribution in [2.24, 2.45) is 0 Å². The van der Waals surface area contributed by atoms with Gasteiger partial charge < -0.3 is 4.90 Å². The molecule has 0 N–H and O–H groups in total. The third-order valence-corrected chi connectivity index (χ3v) is 17.0. The third-order valence-electron chi connectivity index (χ3n) is 12.2. The summed E-state index contributed by atoms with van der Waals surface area (Å²) in [4.78, 5) is 2.33. The highest BCUT2D eigenvalue weighted by Crippen LogP contribution is 2.51. The van der Waals surface area contributed by atoms with Crippen molar-refractivity contribution in [2.75, 3.05) is 4.90 Å². The van der Waals surface area contributed by atoms with E-state index in [1.807, 2.05) is 12.1 Å². The topological polar surface area (TPSA) is 27.0 Å². The molecule has 10 rings (SSSR count). The summed E-state index contributed by atoms with van der Waals surface area (Å²) in [6.45, 7) is 4.69. The Kier molecular flexibility index (Phi) is 8.25. The van der Waals surface area contributed by atoms with Crippen LogP contribution in [0.4, 0.5) is 17.1 Å². The molecule has 2 nitrogen and oxygen atoms in total. The molecule has 3 heteroatoms. The van der Waals surface area contributed by atoms with Gasteiger partial charge in [0.1, 0.15) is 0 Å². The van der Waals surface area contributed by atoms with Crippen LogP contribution >= 0.6 is 0 Å². The molecule has 0 atom stereocenters. The van der Waals surface area contributed by atoms with Gasteiger partial charge in [0.05, 0.1) is 11.6 Å². The summed E-state index contributed by atoms with van der Waals surface area (Å²) in [6, 6.07) is 77.6. The first-order valence-electron chi connectivity index (χ1n) is 19.6. The lowest BCUT2D eigenvalue weighted by atomic mass is 9.81. The monoisotopic (exact) mass is 744 g/mol. The molecule has 0 radical (unpaired) electrons. The van der Waals surface area contributed by atoms with Crippen LogP contribution in [-0.2, 0) is 5.41 Å². The maximum atomic E-state index is 9.63. The van der Waals surface area contributed by atoms with Gasteiger partial charge in [0.25, 0.3) is 0 Å². The summed E-state index contributed by atoms with van der Waals surface area (Å²) >= 11 is 0. The van der Waals surface area contributed by atoms with Crippen LogP contribution in [0.1, 0.15) is 30.5 Å². The van der Waals surface area contributed by atoms with Crippen LogP contribution < -0.4 is 25.6 Å². The predicted molar refractivity (Wildman–Crippen MR) is 242 cm³/mol. The number of nitrogens with zero attached hydrogens (tertiary/aromatic N) is 2. The third kappa shape index (κ3) is 5.52. The molecule has 1 aliphatic carbocycles. The summed E-state index contributed by atoms with van der Waals surface area (Å²) in [7, 11) is -2.60. The fourth-order valence-electron chi connectivity index (χ4n) is 9.43. The molecule has 0 aliphatic heterocycles. The minimum absolute atomic E-state index is 0.133. The van der Waals surface area contributed by atoms with E-state index in [-0.39, 0.29) is 5.41 Å². The van der Waals surface area contributed by atoms with Gasteiger partial charge in [0, 0.05) is 22.5 Å². The van der Waals surface area contributed by atoms with Gasteiger partial charge in [-0.2, -0.15) is 5.26 Å². The quantitative estimate of drug-likeness (QED) is 0.0880. The summed E-state index contributed by atoms with van der Waals surface area (Å²) in [5.74, 6) is 0. The van der Waals surface area contributed by atoms with Crippen LogP contribution in [0.25, 0.3) is 32.7 Å². The number of nitriles is 1. The Morgan fingerprint density at radius 2 is 0.895 bits per heavy atom. The fraction of sp³-hybridized carbons (Fsp3) is 0.0556. The fourth-order valence-corrected chi connectivity index (χ4v) is 14.2. The number of rotatable bonds is 8. The molecule has 0 aromatic heterocycles. The smallest absolute Gasteiger partial charge is 0.179 e. The number of hydrogen-bond acceptors (Lipinski definition) is 2. The van der Waals surface area contributed by atoms with E-state index in [2.05, 4.69) is 219 Å². The number of benzene rings is 9. The molecule has 0 amide bonds. The average Bonchev–Trinajstić information content (AvgIpc) is 3.51. The van der Waals surface area contributed by atoms with Crippen molar-refractivity contribution >= 4 is 67.4 Å². The molecular weight excluding hydrogens is 705 g/mol. The van der Waals surface area contributed by atoms with Gasteiger partial charge in [-0.3, -0.25) is 0 Å². The summed E-state index contributed by atoms with van der Waals surface area (Å²) in [5.41, 5.74) is 8.75. The molecule has 0 fully saturated rings. The lowest BCUT2D eigenvalue weighted by Gasteiger charge is -2.34. The van der Waals surface area contributed by atoms with Crippen LogP contribution in [0.2, 0.25) is 0 Å². The maximum absolute atomic E-state index is 9.63. The number of anilines is 3. The van der Waals surface area contributed by atoms with Crippen molar-refractivity contribution in [1.82, 2.24) is 0 Å². The molecule has 57 heavy (non-hydrogen) atoms. The number of hydrogen-bond donors (Lipinski definition) is 0. The molecule has 0 unspecified atom stereocenters. The second-order valence-corrected chi connectivity index (χ2v) is 19.5. The van der Waals surface area contributed by atoms with E-state index in [9.17, 15) is 5.26 Å². The van der Waals surface area contributed by atoms with Crippen molar-refractivity contribution in [1.29, 1.82) is 5.26 Å². The predicted octanol–water partition coefficient (Wildman–Crippen LogP) is 11.0. The molecule has 0 bridgehead atoms. The molecule has 0 heterocycles. The van der Waals surface area contributed by atoms with Gasteiger partial charge >= 0.3 is 0 Å². The Labute approximate surface area is 335 Å². The average molecular weight is 745 g/mol. The van der Waals surface area contributed by atoms with Crippen molar-refractivity contribution in [3.05, 3.63) is 223 Å². The zero-order chi connectivity index (χ0) is 38.6. The van der Waals surface area contributed by atoms with E-state index in [0.29, 0.717) is 5.56 Å². The normalized spacial score (nSPS) is 12.9. The maximum Gasteiger partial charge on any atom is 0.179 e.